The van der Waals surface area contributed by atoms with Crippen LogP contribution in [-0.2, 0) is 16.0 Å². The van der Waals surface area contributed by atoms with Gasteiger partial charge in [-0.1, -0.05) is 12.1 Å². The van der Waals surface area contributed by atoms with Gasteiger partial charge in [0.1, 0.15) is 5.75 Å². The number of benzene rings is 1. The molecule has 0 spiro atoms. The van der Waals surface area contributed by atoms with Crippen LogP contribution < -0.4 is 4.74 Å². The summed E-state index contributed by atoms with van der Waals surface area (Å²) in [5.41, 5.74) is 1.20. The summed E-state index contributed by atoms with van der Waals surface area (Å²) in [6, 6.07) is 7.81. The lowest BCUT2D eigenvalue weighted by atomic mass is 10.1. The van der Waals surface area contributed by atoms with Crippen LogP contribution in [0, 0.1) is 0 Å². The number of ether oxygens (including phenoxy) is 2. The number of hydrogen-bond acceptors (Lipinski definition) is 3. The van der Waals surface area contributed by atoms with E-state index in [9.17, 15) is 4.79 Å². The van der Waals surface area contributed by atoms with Crippen LogP contribution in [0.15, 0.2) is 24.3 Å². The Bertz CT molecular complexity index is 359. The zero-order chi connectivity index (χ0) is 13.4. The molecule has 0 aromatic heterocycles. The van der Waals surface area contributed by atoms with E-state index in [0.717, 1.165) is 12.2 Å². The largest absolute Gasteiger partial charge is 0.491 e. The van der Waals surface area contributed by atoms with Crippen molar-refractivity contribution in [3.8, 4) is 5.75 Å². The van der Waals surface area contributed by atoms with E-state index in [1.807, 2.05) is 31.2 Å². The number of aliphatic carboxylic acids is 1. The van der Waals surface area contributed by atoms with Crippen LogP contribution in [0.4, 0.5) is 0 Å². The summed E-state index contributed by atoms with van der Waals surface area (Å²) in [4.78, 5) is 10.4. The topological polar surface area (TPSA) is 55.8 Å². The molecule has 18 heavy (non-hydrogen) atoms. The van der Waals surface area contributed by atoms with Gasteiger partial charge in [0.25, 0.3) is 0 Å². The first-order valence-corrected chi connectivity index (χ1v) is 6.08. The molecule has 0 fully saturated rings. The summed E-state index contributed by atoms with van der Waals surface area (Å²) in [5, 5.41) is 8.58. The lowest BCUT2D eigenvalue weighted by Gasteiger charge is -2.14. The first-order valence-electron chi connectivity index (χ1n) is 6.08. The van der Waals surface area contributed by atoms with Crippen LogP contribution in [0.3, 0.4) is 0 Å². The lowest BCUT2D eigenvalue weighted by molar-refractivity contribution is -0.137. The summed E-state index contributed by atoms with van der Waals surface area (Å²) in [6.07, 6.45) is 1.44. The summed E-state index contributed by atoms with van der Waals surface area (Å²) in [5.74, 6) is -0.0191. The predicted molar refractivity (Wildman–Crippen MR) is 69.0 cm³/mol. The summed E-state index contributed by atoms with van der Waals surface area (Å²) in [6.45, 7) is 2.58. The van der Waals surface area contributed by atoms with Crippen molar-refractivity contribution in [3.63, 3.8) is 0 Å². The van der Waals surface area contributed by atoms with Crippen molar-refractivity contribution in [1.82, 2.24) is 0 Å². The van der Waals surface area contributed by atoms with Crippen molar-refractivity contribution in [2.24, 2.45) is 0 Å². The van der Waals surface area contributed by atoms with Crippen molar-refractivity contribution >= 4 is 5.97 Å². The first-order chi connectivity index (χ1) is 8.61. The standard InChI is InChI=1S/C14H20O4/c1-11(3-8-14(15)16)18-13-6-4-12(5-7-13)9-10-17-2/h4-7,11H,3,8-10H2,1-2H3,(H,15,16). The fourth-order valence-corrected chi connectivity index (χ4v) is 1.57. The third-order valence-electron chi connectivity index (χ3n) is 2.62. The van der Waals surface area contributed by atoms with E-state index < -0.39 is 5.97 Å². The number of carboxylic acid groups (broad SMARTS) is 1. The van der Waals surface area contributed by atoms with Crippen molar-refractivity contribution in [1.29, 1.82) is 0 Å². The Hall–Kier alpha value is -1.55. The average molecular weight is 252 g/mol. The van der Waals surface area contributed by atoms with Crippen LogP contribution >= 0.6 is 0 Å². The Balaban J connectivity index is 2.40. The van der Waals surface area contributed by atoms with E-state index in [2.05, 4.69) is 0 Å². The minimum Gasteiger partial charge on any atom is -0.491 e. The van der Waals surface area contributed by atoms with Gasteiger partial charge in [0.15, 0.2) is 0 Å². The zero-order valence-electron chi connectivity index (χ0n) is 10.9. The molecule has 1 atom stereocenters. The number of carboxylic acids is 1. The summed E-state index contributed by atoms with van der Waals surface area (Å²) in [7, 11) is 1.68. The van der Waals surface area contributed by atoms with Gasteiger partial charge in [-0.15, -0.1) is 0 Å². The normalized spacial score (nSPS) is 12.1. The second-order valence-corrected chi connectivity index (χ2v) is 4.25. The molecular weight excluding hydrogens is 232 g/mol. The van der Waals surface area contributed by atoms with Gasteiger partial charge < -0.3 is 14.6 Å². The molecule has 1 unspecified atom stereocenters. The van der Waals surface area contributed by atoms with Gasteiger partial charge in [-0.05, 0) is 37.5 Å². The molecule has 4 heteroatoms. The second kappa shape index (κ2) is 7.71. The second-order valence-electron chi connectivity index (χ2n) is 4.25. The monoisotopic (exact) mass is 252 g/mol. The first kappa shape index (κ1) is 14.5. The van der Waals surface area contributed by atoms with Crippen LogP contribution in [0.25, 0.3) is 0 Å². The molecule has 1 aromatic carbocycles. The zero-order valence-corrected chi connectivity index (χ0v) is 10.9. The van der Waals surface area contributed by atoms with Gasteiger partial charge in [0.2, 0.25) is 0 Å². The maximum atomic E-state index is 10.4. The molecule has 100 valence electrons. The molecule has 0 aliphatic carbocycles. The van der Waals surface area contributed by atoms with E-state index in [4.69, 9.17) is 14.6 Å². The van der Waals surface area contributed by atoms with E-state index in [0.29, 0.717) is 13.0 Å². The molecule has 0 amide bonds. The Labute approximate surface area is 108 Å². The van der Waals surface area contributed by atoms with E-state index in [-0.39, 0.29) is 12.5 Å². The summed E-state index contributed by atoms with van der Waals surface area (Å²) >= 11 is 0. The number of hydrogen-bond donors (Lipinski definition) is 1. The van der Waals surface area contributed by atoms with Gasteiger partial charge in [-0.2, -0.15) is 0 Å². The van der Waals surface area contributed by atoms with E-state index in [1.54, 1.807) is 7.11 Å². The molecule has 1 N–H and O–H groups in total. The molecule has 0 aliphatic rings. The average Bonchev–Trinajstić information content (AvgIpc) is 2.35. The van der Waals surface area contributed by atoms with Crippen LogP contribution in [0.1, 0.15) is 25.3 Å². The molecule has 0 bridgehead atoms. The van der Waals surface area contributed by atoms with Gasteiger partial charge in [-0.3, -0.25) is 4.79 Å². The highest BCUT2D eigenvalue weighted by atomic mass is 16.5. The Morgan fingerprint density at radius 2 is 2.00 bits per heavy atom. The van der Waals surface area contributed by atoms with Gasteiger partial charge in [0.05, 0.1) is 12.7 Å². The smallest absolute Gasteiger partial charge is 0.303 e. The molecule has 0 saturated heterocycles. The molecule has 0 aliphatic heterocycles. The van der Waals surface area contributed by atoms with Gasteiger partial charge in [0, 0.05) is 13.5 Å². The third kappa shape index (κ3) is 5.68. The highest BCUT2D eigenvalue weighted by molar-refractivity contribution is 5.66. The number of rotatable bonds is 8. The molecule has 1 aromatic rings. The third-order valence-corrected chi connectivity index (χ3v) is 2.62. The Morgan fingerprint density at radius 1 is 1.33 bits per heavy atom. The minimum absolute atomic E-state index is 0.0917. The van der Waals surface area contributed by atoms with Crippen molar-refractivity contribution in [2.75, 3.05) is 13.7 Å². The molecule has 4 nitrogen and oxygen atoms in total. The van der Waals surface area contributed by atoms with Crippen molar-refractivity contribution in [3.05, 3.63) is 29.8 Å². The number of carbonyl (C=O) groups is 1. The number of methoxy groups -OCH3 is 1. The van der Waals surface area contributed by atoms with Crippen LogP contribution in [0.5, 0.6) is 5.75 Å². The summed E-state index contributed by atoms with van der Waals surface area (Å²) < 4.78 is 10.6. The molecular formula is C14H20O4. The van der Waals surface area contributed by atoms with Gasteiger partial charge >= 0.3 is 5.97 Å². The predicted octanol–water partition coefficient (Wildman–Crippen LogP) is 2.51. The highest BCUT2D eigenvalue weighted by Crippen LogP contribution is 2.15. The van der Waals surface area contributed by atoms with Gasteiger partial charge in [-0.25, -0.2) is 0 Å². The molecule has 0 saturated carbocycles. The Kier molecular flexibility index (Phi) is 6.22. The van der Waals surface area contributed by atoms with Crippen molar-refractivity contribution in [2.45, 2.75) is 32.3 Å². The van der Waals surface area contributed by atoms with Crippen LogP contribution in [-0.4, -0.2) is 30.9 Å². The van der Waals surface area contributed by atoms with E-state index >= 15 is 0 Å². The molecule has 0 heterocycles. The lowest BCUT2D eigenvalue weighted by Crippen LogP contribution is -2.13. The van der Waals surface area contributed by atoms with Crippen molar-refractivity contribution < 1.29 is 19.4 Å². The highest BCUT2D eigenvalue weighted by Gasteiger charge is 2.07. The Morgan fingerprint density at radius 3 is 2.56 bits per heavy atom. The fourth-order valence-electron chi connectivity index (χ4n) is 1.57. The quantitative estimate of drug-likeness (QED) is 0.772. The molecule has 1 rings (SSSR count). The van der Waals surface area contributed by atoms with Crippen LogP contribution in [0.2, 0.25) is 0 Å². The maximum Gasteiger partial charge on any atom is 0.303 e. The maximum absolute atomic E-state index is 10.4. The van der Waals surface area contributed by atoms with E-state index in [1.165, 1.54) is 5.56 Å². The molecule has 0 radical (unpaired) electrons. The SMILES string of the molecule is COCCc1ccc(OC(C)CCC(=O)O)cc1. The minimum atomic E-state index is -0.791. The fraction of sp³-hybridized carbons (Fsp3) is 0.500.